The third-order valence-electron chi connectivity index (χ3n) is 4.20. The average molecular weight is 327 g/mol. The molecule has 3 nitrogen and oxygen atoms in total. The van der Waals surface area contributed by atoms with Crippen molar-refractivity contribution in [1.82, 2.24) is 9.55 Å². The van der Waals surface area contributed by atoms with Gasteiger partial charge < -0.3 is 0 Å². The minimum atomic E-state index is -0.0379. The highest BCUT2D eigenvalue weighted by Crippen LogP contribution is 2.23. The van der Waals surface area contributed by atoms with Gasteiger partial charge in [0.2, 0.25) is 0 Å². The van der Waals surface area contributed by atoms with Gasteiger partial charge in [-0.15, -0.1) is 0 Å². The summed E-state index contributed by atoms with van der Waals surface area (Å²) in [6.45, 7) is 7.95. The molecule has 0 spiro atoms. The van der Waals surface area contributed by atoms with Gasteiger partial charge in [-0.25, -0.2) is 4.98 Å². The fourth-order valence-electron chi connectivity index (χ4n) is 2.99. The Hall–Kier alpha value is -2.13. The van der Waals surface area contributed by atoms with Crippen molar-refractivity contribution in [3.63, 3.8) is 0 Å². The number of hydrogen-bond acceptors (Lipinski definition) is 2. The standard InChI is InChI=1S/C19H19ClN2O/c1-5-17-21-16-10-15(20)13(4)9-14(16)19(23)22(17)18-11(2)7-6-8-12(18)3/h6-10H,5H2,1-4H3. The molecule has 1 heterocycles. The molecular weight excluding hydrogens is 308 g/mol. The Kier molecular flexibility index (Phi) is 3.99. The zero-order valence-electron chi connectivity index (χ0n) is 13.8. The minimum Gasteiger partial charge on any atom is -0.268 e. The molecule has 0 atom stereocenters. The molecule has 0 radical (unpaired) electrons. The molecule has 0 saturated heterocycles. The van der Waals surface area contributed by atoms with Gasteiger partial charge in [0.05, 0.1) is 16.6 Å². The molecule has 23 heavy (non-hydrogen) atoms. The van der Waals surface area contributed by atoms with Gasteiger partial charge in [-0.3, -0.25) is 9.36 Å². The van der Waals surface area contributed by atoms with Gasteiger partial charge in [-0.05, 0) is 49.6 Å². The number of fused-ring (bicyclic) bond motifs is 1. The van der Waals surface area contributed by atoms with E-state index in [0.29, 0.717) is 22.3 Å². The molecular formula is C19H19ClN2O. The molecule has 3 rings (SSSR count). The number of benzene rings is 2. The molecule has 0 amide bonds. The van der Waals surface area contributed by atoms with E-state index < -0.39 is 0 Å². The summed E-state index contributed by atoms with van der Waals surface area (Å²) in [7, 11) is 0. The van der Waals surface area contributed by atoms with Crippen molar-refractivity contribution in [2.45, 2.75) is 34.1 Å². The van der Waals surface area contributed by atoms with Crippen molar-refractivity contribution < 1.29 is 0 Å². The van der Waals surface area contributed by atoms with Crippen molar-refractivity contribution in [2.75, 3.05) is 0 Å². The number of para-hydroxylation sites is 1. The smallest absolute Gasteiger partial charge is 0.265 e. The van der Waals surface area contributed by atoms with Gasteiger partial charge in [0.1, 0.15) is 5.82 Å². The lowest BCUT2D eigenvalue weighted by atomic mass is 10.1. The van der Waals surface area contributed by atoms with Crippen LogP contribution in [-0.2, 0) is 6.42 Å². The van der Waals surface area contributed by atoms with E-state index in [1.54, 1.807) is 10.6 Å². The molecule has 0 bridgehead atoms. The quantitative estimate of drug-likeness (QED) is 0.693. The third-order valence-corrected chi connectivity index (χ3v) is 4.60. The molecule has 3 aromatic rings. The van der Waals surface area contributed by atoms with Crippen LogP contribution in [0.25, 0.3) is 16.6 Å². The first-order valence-corrected chi connectivity index (χ1v) is 8.10. The largest absolute Gasteiger partial charge is 0.268 e. The molecule has 1 aromatic heterocycles. The second-order valence-corrected chi connectivity index (χ2v) is 6.29. The van der Waals surface area contributed by atoms with E-state index in [0.717, 1.165) is 28.2 Å². The topological polar surface area (TPSA) is 34.9 Å². The zero-order chi connectivity index (χ0) is 16.7. The SMILES string of the molecule is CCc1nc2cc(Cl)c(C)cc2c(=O)n1-c1c(C)cccc1C. The second-order valence-electron chi connectivity index (χ2n) is 5.88. The highest BCUT2D eigenvalue weighted by molar-refractivity contribution is 6.32. The molecule has 2 aromatic carbocycles. The summed E-state index contributed by atoms with van der Waals surface area (Å²) in [5.74, 6) is 0.750. The van der Waals surface area contributed by atoms with Gasteiger partial charge in [0, 0.05) is 11.4 Å². The van der Waals surface area contributed by atoms with Crippen LogP contribution in [0.1, 0.15) is 29.4 Å². The number of nitrogens with zero attached hydrogens (tertiary/aromatic N) is 2. The van der Waals surface area contributed by atoms with E-state index in [1.807, 2.05) is 52.0 Å². The summed E-state index contributed by atoms with van der Waals surface area (Å²) < 4.78 is 1.75. The van der Waals surface area contributed by atoms with Gasteiger partial charge in [0.25, 0.3) is 5.56 Å². The Bertz CT molecular complexity index is 953. The summed E-state index contributed by atoms with van der Waals surface area (Å²) in [6, 6.07) is 9.65. The van der Waals surface area contributed by atoms with Crippen molar-refractivity contribution in [3.8, 4) is 5.69 Å². The van der Waals surface area contributed by atoms with Crippen molar-refractivity contribution in [2.24, 2.45) is 0 Å². The molecule has 0 aliphatic carbocycles. The van der Waals surface area contributed by atoms with Crippen LogP contribution in [0.2, 0.25) is 5.02 Å². The van der Waals surface area contributed by atoms with Gasteiger partial charge >= 0.3 is 0 Å². The number of halogens is 1. The molecule has 0 aliphatic rings. The number of aromatic nitrogens is 2. The highest BCUT2D eigenvalue weighted by atomic mass is 35.5. The minimum absolute atomic E-state index is 0.0379. The van der Waals surface area contributed by atoms with Crippen LogP contribution in [0.5, 0.6) is 0 Å². The maximum absolute atomic E-state index is 13.2. The Morgan fingerprint density at radius 1 is 1.09 bits per heavy atom. The summed E-state index contributed by atoms with van der Waals surface area (Å²) in [5, 5.41) is 1.24. The lowest BCUT2D eigenvalue weighted by Gasteiger charge is -2.17. The Balaban J connectivity index is 2.48. The first-order valence-electron chi connectivity index (χ1n) is 7.72. The van der Waals surface area contributed by atoms with E-state index in [2.05, 4.69) is 0 Å². The van der Waals surface area contributed by atoms with Crippen LogP contribution in [0, 0.1) is 20.8 Å². The maximum atomic E-state index is 13.2. The summed E-state index contributed by atoms with van der Waals surface area (Å²) >= 11 is 6.19. The van der Waals surface area contributed by atoms with Crippen LogP contribution in [-0.4, -0.2) is 9.55 Å². The third kappa shape index (κ3) is 2.55. The predicted octanol–water partition coefficient (Wildman–Crippen LogP) is 4.53. The molecule has 0 fully saturated rings. The molecule has 0 saturated carbocycles. The Labute approximate surface area is 140 Å². The highest BCUT2D eigenvalue weighted by Gasteiger charge is 2.15. The molecule has 0 aliphatic heterocycles. The zero-order valence-corrected chi connectivity index (χ0v) is 14.5. The fourth-order valence-corrected chi connectivity index (χ4v) is 3.15. The predicted molar refractivity (Wildman–Crippen MR) is 95.9 cm³/mol. The molecule has 0 N–H and O–H groups in total. The first-order chi connectivity index (χ1) is 10.9. The first kappa shape index (κ1) is 15.8. The van der Waals surface area contributed by atoms with Crippen LogP contribution in [0.3, 0.4) is 0 Å². The number of rotatable bonds is 2. The van der Waals surface area contributed by atoms with E-state index in [4.69, 9.17) is 16.6 Å². The van der Waals surface area contributed by atoms with Crippen molar-refractivity contribution in [3.05, 3.63) is 68.2 Å². The summed E-state index contributed by atoms with van der Waals surface area (Å²) in [4.78, 5) is 17.9. The second kappa shape index (κ2) is 5.82. The van der Waals surface area contributed by atoms with Gasteiger partial charge in [-0.2, -0.15) is 0 Å². The van der Waals surface area contributed by atoms with E-state index in [9.17, 15) is 4.79 Å². The maximum Gasteiger partial charge on any atom is 0.265 e. The van der Waals surface area contributed by atoms with Gasteiger partial charge in [-0.1, -0.05) is 36.7 Å². The monoisotopic (exact) mass is 326 g/mol. The lowest BCUT2D eigenvalue weighted by Crippen LogP contribution is -2.25. The van der Waals surface area contributed by atoms with Crippen LogP contribution < -0.4 is 5.56 Å². The Morgan fingerprint density at radius 3 is 2.35 bits per heavy atom. The lowest BCUT2D eigenvalue weighted by molar-refractivity contribution is 0.824. The fraction of sp³-hybridized carbons (Fsp3) is 0.263. The molecule has 118 valence electrons. The van der Waals surface area contributed by atoms with E-state index in [1.165, 1.54) is 0 Å². The van der Waals surface area contributed by atoms with Crippen molar-refractivity contribution in [1.29, 1.82) is 0 Å². The number of aryl methyl sites for hydroxylation is 4. The molecule has 4 heteroatoms. The average Bonchev–Trinajstić information content (AvgIpc) is 2.51. The summed E-state index contributed by atoms with van der Waals surface area (Å²) in [5.41, 5.74) is 4.56. The van der Waals surface area contributed by atoms with Crippen LogP contribution in [0.15, 0.2) is 35.1 Å². The van der Waals surface area contributed by atoms with Crippen LogP contribution >= 0.6 is 11.6 Å². The Morgan fingerprint density at radius 2 is 1.74 bits per heavy atom. The molecule has 0 unspecified atom stereocenters. The summed E-state index contributed by atoms with van der Waals surface area (Å²) in [6.07, 6.45) is 0.671. The normalized spacial score (nSPS) is 11.2. The van der Waals surface area contributed by atoms with Crippen LogP contribution in [0.4, 0.5) is 0 Å². The number of hydrogen-bond donors (Lipinski definition) is 0. The van der Waals surface area contributed by atoms with Gasteiger partial charge in [0.15, 0.2) is 0 Å². The van der Waals surface area contributed by atoms with Crippen molar-refractivity contribution >= 4 is 22.5 Å². The van der Waals surface area contributed by atoms with E-state index >= 15 is 0 Å². The van der Waals surface area contributed by atoms with E-state index in [-0.39, 0.29) is 5.56 Å².